The highest BCUT2D eigenvalue weighted by Crippen LogP contribution is 2.13. The lowest BCUT2D eigenvalue weighted by atomic mass is 10.2. The number of carbonyl (C=O) groups is 1. The van der Waals surface area contributed by atoms with Crippen LogP contribution >= 0.6 is 15.9 Å². The molecule has 17 heavy (non-hydrogen) atoms. The Labute approximate surface area is 108 Å². The minimum Gasteiger partial charge on any atom is -0.487 e. The molecule has 0 saturated heterocycles. The van der Waals surface area contributed by atoms with E-state index in [0.29, 0.717) is 12.2 Å². The zero-order valence-corrected chi connectivity index (χ0v) is 10.6. The zero-order valence-electron chi connectivity index (χ0n) is 8.97. The van der Waals surface area contributed by atoms with Crippen LogP contribution in [0.15, 0.2) is 47.1 Å². The van der Waals surface area contributed by atoms with E-state index in [0.717, 1.165) is 22.2 Å². The number of hydrogen-bond acceptors (Lipinski definition) is 3. The standard InChI is InChI=1S/C13H10BrNO2/c14-11-3-4-12(15-7-11)9-17-13-5-1-10(8-16)2-6-13/h1-8H,9H2. The van der Waals surface area contributed by atoms with Gasteiger partial charge >= 0.3 is 0 Å². The van der Waals surface area contributed by atoms with E-state index in [1.165, 1.54) is 0 Å². The summed E-state index contributed by atoms with van der Waals surface area (Å²) in [5.74, 6) is 0.723. The Kier molecular flexibility index (Phi) is 3.88. The molecule has 0 atom stereocenters. The summed E-state index contributed by atoms with van der Waals surface area (Å²) in [6, 6.07) is 10.8. The molecular formula is C13H10BrNO2. The van der Waals surface area contributed by atoms with Crippen molar-refractivity contribution in [2.24, 2.45) is 0 Å². The van der Waals surface area contributed by atoms with Crippen LogP contribution in [0.5, 0.6) is 5.75 Å². The minimum atomic E-state index is 0.410. The Balaban J connectivity index is 1.97. The molecule has 0 aliphatic carbocycles. The van der Waals surface area contributed by atoms with E-state index < -0.39 is 0 Å². The second kappa shape index (κ2) is 5.59. The average molecular weight is 292 g/mol. The summed E-state index contributed by atoms with van der Waals surface area (Å²) in [5.41, 5.74) is 1.49. The number of ether oxygens (including phenoxy) is 1. The third-order valence-corrected chi connectivity index (χ3v) is 2.66. The number of halogens is 1. The molecule has 0 fully saturated rings. The summed E-state index contributed by atoms with van der Waals surface area (Å²) in [6.45, 7) is 0.410. The number of pyridine rings is 1. The summed E-state index contributed by atoms with van der Waals surface area (Å²) in [7, 11) is 0. The molecule has 1 heterocycles. The third kappa shape index (κ3) is 3.39. The normalized spacial score (nSPS) is 9.94. The molecule has 0 spiro atoms. The predicted molar refractivity (Wildman–Crippen MR) is 68.1 cm³/mol. The molecule has 3 nitrogen and oxygen atoms in total. The lowest BCUT2D eigenvalue weighted by molar-refractivity contribution is 0.112. The third-order valence-electron chi connectivity index (χ3n) is 2.19. The van der Waals surface area contributed by atoms with E-state index in [-0.39, 0.29) is 0 Å². The number of aromatic nitrogens is 1. The largest absolute Gasteiger partial charge is 0.487 e. The van der Waals surface area contributed by atoms with Gasteiger partial charge in [-0.2, -0.15) is 0 Å². The molecule has 0 amide bonds. The van der Waals surface area contributed by atoms with Gasteiger partial charge < -0.3 is 4.74 Å². The van der Waals surface area contributed by atoms with Gasteiger partial charge in [0.1, 0.15) is 18.6 Å². The molecule has 1 aromatic heterocycles. The van der Waals surface area contributed by atoms with Crippen molar-refractivity contribution in [3.8, 4) is 5.75 Å². The predicted octanol–water partition coefficient (Wildman–Crippen LogP) is 3.24. The number of aldehydes is 1. The minimum absolute atomic E-state index is 0.410. The Morgan fingerprint density at radius 2 is 1.94 bits per heavy atom. The number of benzene rings is 1. The van der Waals surface area contributed by atoms with Gasteiger partial charge in [-0.25, -0.2) is 0 Å². The van der Waals surface area contributed by atoms with Gasteiger partial charge in [-0.05, 0) is 52.3 Å². The van der Waals surface area contributed by atoms with Gasteiger partial charge in [0.15, 0.2) is 0 Å². The first-order valence-electron chi connectivity index (χ1n) is 5.06. The maximum absolute atomic E-state index is 10.5. The van der Waals surface area contributed by atoms with Gasteiger partial charge in [0.25, 0.3) is 0 Å². The molecule has 4 heteroatoms. The fourth-order valence-corrected chi connectivity index (χ4v) is 1.53. The van der Waals surface area contributed by atoms with Crippen molar-refractivity contribution >= 4 is 22.2 Å². The number of hydrogen-bond donors (Lipinski definition) is 0. The smallest absolute Gasteiger partial charge is 0.150 e. The van der Waals surface area contributed by atoms with Crippen LogP contribution < -0.4 is 4.74 Å². The van der Waals surface area contributed by atoms with E-state index in [2.05, 4.69) is 20.9 Å². The summed E-state index contributed by atoms with van der Waals surface area (Å²) < 4.78 is 6.48. The Morgan fingerprint density at radius 1 is 1.18 bits per heavy atom. The van der Waals surface area contributed by atoms with Gasteiger partial charge in [0.2, 0.25) is 0 Å². The highest BCUT2D eigenvalue weighted by molar-refractivity contribution is 9.10. The maximum atomic E-state index is 10.5. The van der Waals surface area contributed by atoms with Crippen molar-refractivity contribution in [3.05, 3.63) is 58.3 Å². The van der Waals surface area contributed by atoms with Crippen LogP contribution in [-0.4, -0.2) is 11.3 Å². The summed E-state index contributed by atoms with van der Waals surface area (Å²) >= 11 is 3.32. The molecule has 0 N–H and O–H groups in total. The molecule has 0 saturated carbocycles. The van der Waals surface area contributed by atoms with E-state index >= 15 is 0 Å². The quantitative estimate of drug-likeness (QED) is 0.812. The van der Waals surface area contributed by atoms with Crippen LogP contribution in [-0.2, 0) is 6.61 Å². The van der Waals surface area contributed by atoms with Crippen LogP contribution in [0, 0.1) is 0 Å². The second-order valence-electron chi connectivity index (χ2n) is 3.44. The Hall–Kier alpha value is -1.68. The fourth-order valence-electron chi connectivity index (χ4n) is 1.29. The summed E-state index contributed by atoms with van der Waals surface area (Å²) in [5, 5.41) is 0. The molecule has 86 valence electrons. The fraction of sp³-hybridized carbons (Fsp3) is 0.0769. The van der Waals surface area contributed by atoms with Gasteiger partial charge in [0.05, 0.1) is 5.69 Å². The van der Waals surface area contributed by atoms with Crippen LogP contribution in [0.3, 0.4) is 0 Å². The molecule has 0 bridgehead atoms. The highest BCUT2D eigenvalue weighted by Gasteiger charge is 1.97. The molecule has 0 radical (unpaired) electrons. The topological polar surface area (TPSA) is 39.2 Å². The molecule has 2 rings (SSSR count). The van der Waals surface area contributed by atoms with E-state index in [1.807, 2.05) is 12.1 Å². The monoisotopic (exact) mass is 291 g/mol. The van der Waals surface area contributed by atoms with Crippen molar-refractivity contribution in [3.63, 3.8) is 0 Å². The lowest BCUT2D eigenvalue weighted by Crippen LogP contribution is -1.97. The maximum Gasteiger partial charge on any atom is 0.150 e. The summed E-state index contributed by atoms with van der Waals surface area (Å²) in [6.07, 6.45) is 2.54. The SMILES string of the molecule is O=Cc1ccc(OCc2ccc(Br)cn2)cc1. The Bertz CT molecular complexity index is 494. The van der Waals surface area contributed by atoms with Crippen molar-refractivity contribution in [1.29, 1.82) is 0 Å². The lowest BCUT2D eigenvalue weighted by Gasteiger charge is -2.05. The molecule has 0 unspecified atom stereocenters. The average Bonchev–Trinajstić information content (AvgIpc) is 2.39. The van der Waals surface area contributed by atoms with Crippen LogP contribution in [0.1, 0.15) is 16.1 Å². The van der Waals surface area contributed by atoms with Crippen molar-refractivity contribution in [1.82, 2.24) is 4.98 Å². The van der Waals surface area contributed by atoms with E-state index in [4.69, 9.17) is 4.74 Å². The van der Waals surface area contributed by atoms with E-state index in [9.17, 15) is 4.79 Å². The van der Waals surface area contributed by atoms with Crippen LogP contribution in [0.4, 0.5) is 0 Å². The molecule has 1 aromatic carbocycles. The Morgan fingerprint density at radius 3 is 2.53 bits per heavy atom. The van der Waals surface area contributed by atoms with Crippen molar-refractivity contribution in [2.45, 2.75) is 6.61 Å². The summed E-state index contributed by atoms with van der Waals surface area (Å²) in [4.78, 5) is 14.7. The molecule has 0 aliphatic rings. The number of carbonyl (C=O) groups excluding carboxylic acids is 1. The van der Waals surface area contributed by atoms with Crippen LogP contribution in [0.25, 0.3) is 0 Å². The second-order valence-corrected chi connectivity index (χ2v) is 4.36. The molecule has 0 aliphatic heterocycles. The van der Waals surface area contributed by atoms with Gasteiger partial charge in [0, 0.05) is 16.2 Å². The molecule has 2 aromatic rings. The van der Waals surface area contributed by atoms with E-state index in [1.54, 1.807) is 30.5 Å². The highest BCUT2D eigenvalue weighted by atomic mass is 79.9. The van der Waals surface area contributed by atoms with Crippen LogP contribution in [0.2, 0.25) is 0 Å². The molecular weight excluding hydrogens is 282 g/mol. The number of nitrogens with zero attached hydrogens (tertiary/aromatic N) is 1. The first kappa shape index (κ1) is 11.8. The van der Waals surface area contributed by atoms with Gasteiger partial charge in [-0.1, -0.05) is 0 Å². The first-order valence-corrected chi connectivity index (χ1v) is 5.86. The first-order chi connectivity index (χ1) is 8.28. The van der Waals surface area contributed by atoms with Gasteiger partial charge in [-0.3, -0.25) is 9.78 Å². The van der Waals surface area contributed by atoms with Gasteiger partial charge in [-0.15, -0.1) is 0 Å². The number of rotatable bonds is 4. The van der Waals surface area contributed by atoms with Crippen molar-refractivity contribution < 1.29 is 9.53 Å². The van der Waals surface area contributed by atoms with Crippen molar-refractivity contribution in [2.75, 3.05) is 0 Å². The zero-order chi connectivity index (χ0) is 12.1.